The van der Waals surface area contributed by atoms with E-state index in [0.29, 0.717) is 13.2 Å². The van der Waals surface area contributed by atoms with Gasteiger partial charge in [-0.1, -0.05) is 0 Å². The monoisotopic (exact) mass is 300 g/mol. The first-order valence-electron chi connectivity index (χ1n) is 6.24. The molecule has 0 radical (unpaired) electrons. The zero-order chi connectivity index (χ0) is 14.6. The Balaban J connectivity index is 1.93. The number of carboxylic acid groups (broad SMARTS) is 1. The molecule has 7 heteroatoms. The van der Waals surface area contributed by atoms with Gasteiger partial charge in [0.2, 0.25) is 0 Å². The maximum Gasteiger partial charge on any atom is 0.335 e. The van der Waals surface area contributed by atoms with Crippen LogP contribution in [0, 0.1) is 0 Å². The summed E-state index contributed by atoms with van der Waals surface area (Å²) in [5.41, 5.74) is 0.0586. The molecule has 1 unspecified atom stereocenters. The SMILES string of the molecule is O=C(O)c1ccc(S(=O)(=O)CCOC2CCOC2)cc1. The molecule has 1 N–H and O–H groups in total. The molecule has 0 amide bonds. The number of carbonyl (C=O) groups is 1. The van der Waals surface area contributed by atoms with Crippen LogP contribution in [0.25, 0.3) is 0 Å². The quantitative estimate of drug-likeness (QED) is 0.841. The number of hydrogen-bond acceptors (Lipinski definition) is 5. The molecule has 0 bridgehead atoms. The van der Waals surface area contributed by atoms with Crippen LogP contribution in [-0.4, -0.2) is 51.2 Å². The second-order valence-electron chi connectivity index (χ2n) is 4.50. The first-order chi connectivity index (χ1) is 9.49. The highest BCUT2D eigenvalue weighted by atomic mass is 32.2. The van der Waals surface area contributed by atoms with Gasteiger partial charge in [0, 0.05) is 6.61 Å². The summed E-state index contributed by atoms with van der Waals surface area (Å²) in [5.74, 6) is -1.21. The first kappa shape index (κ1) is 15.0. The van der Waals surface area contributed by atoms with Crippen molar-refractivity contribution < 1.29 is 27.8 Å². The summed E-state index contributed by atoms with van der Waals surface area (Å²) in [6.07, 6.45) is 0.757. The molecule has 2 rings (SSSR count). The van der Waals surface area contributed by atoms with Crippen molar-refractivity contribution >= 4 is 15.8 Å². The Kier molecular flexibility index (Phi) is 4.74. The van der Waals surface area contributed by atoms with E-state index in [1.165, 1.54) is 24.3 Å². The highest BCUT2D eigenvalue weighted by Gasteiger charge is 2.19. The molecule has 1 fully saturated rings. The van der Waals surface area contributed by atoms with Gasteiger partial charge in [0.15, 0.2) is 9.84 Å². The summed E-state index contributed by atoms with van der Waals surface area (Å²) in [5, 5.41) is 8.76. The molecule has 20 heavy (non-hydrogen) atoms. The number of sulfone groups is 1. The molecule has 1 aromatic carbocycles. The van der Waals surface area contributed by atoms with E-state index in [9.17, 15) is 13.2 Å². The van der Waals surface area contributed by atoms with Gasteiger partial charge < -0.3 is 14.6 Å². The Hall–Kier alpha value is -1.44. The lowest BCUT2D eigenvalue weighted by molar-refractivity contribution is 0.0519. The molecular formula is C13H16O6S. The lowest BCUT2D eigenvalue weighted by atomic mass is 10.2. The number of aromatic carboxylic acids is 1. The van der Waals surface area contributed by atoms with Crippen molar-refractivity contribution in [3.05, 3.63) is 29.8 Å². The highest BCUT2D eigenvalue weighted by Crippen LogP contribution is 2.14. The van der Waals surface area contributed by atoms with E-state index < -0.39 is 15.8 Å². The number of carboxylic acids is 1. The van der Waals surface area contributed by atoms with E-state index in [-0.39, 0.29) is 28.9 Å². The fraction of sp³-hybridized carbons (Fsp3) is 0.462. The first-order valence-corrected chi connectivity index (χ1v) is 7.90. The molecule has 1 saturated heterocycles. The third-order valence-corrected chi connectivity index (χ3v) is 4.75. The fourth-order valence-corrected chi connectivity index (χ4v) is 2.99. The summed E-state index contributed by atoms with van der Waals surface area (Å²) in [4.78, 5) is 10.8. The van der Waals surface area contributed by atoms with Gasteiger partial charge in [-0.15, -0.1) is 0 Å². The average Bonchev–Trinajstić information content (AvgIpc) is 2.92. The predicted octanol–water partition coefficient (Wildman–Crippen LogP) is 0.964. The molecule has 1 heterocycles. The summed E-state index contributed by atoms with van der Waals surface area (Å²) < 4.78 is 34.6. The molecular weight excluding hydrogens is 284 g/mol. The van der Waals surface area contributed by atoms with Gasteiger partial charge in [0.05, 0.1) is 35.5 Å². The van der Waals surface area contributed by atoms with Crippen molar-refractivity contribution in [1.82, 2.24) is 0 Å². The Morgan fingerprint density at radius 2 is 2.05 bits per heavy atom. The van der Waals surface area contributed by atoms with Crippen LogP contribution in [0.15, 0.2) is 29.2 Å². The maximum atomic E-state index is 12.0. The normalized spacial score (nSPS) is 19.1. The van der Waals surface area contributed by atoms with Gasteiger partial charge in [-0.2, -0.15) is 0 Å². The highest BCUT2D eigenvalue weighted by molar-refractivity contribution is 7.91. The van der Waals surface area contributed by atoms with E-state index >= 15 is 0 Å². The zero-order valence-electron chi connectivity index (χ0n) is 10.8. The molecule has 1 aromatic rings. The molecule has 6 nitrogen and oxygen atoms in total. The zero-order valence-corrected chi connectivity index (χ0v) is 11.6. The minimum Gasteiger partial charge on any atom is -0.478 e. The second kappa shape index (κ2) is 6.34. The fourth-order valence-electron chi connectivity index (χ4n) is 1.89. The van der Waals surface area contributed by atoms with E-state index in [1.807, 2.05) is 0 Å². The van der Waals surface area contributed by atoms with Gasteiger partial charge >= 0.3 is 5.97 Å². The van der Waals surface area contributed by atoms with Crippen molar-refractivity contribution in [2.24, 2.45) is 0 Å². The summed E-state index contributed by atoms with van der Waals surface area (Å²) >= 11 is 0. The predicted molar refractivity (Wildman–Crippen MR) is 70.6 cm³/mol. The molecule has 0 saturated carbocycles. The lowest BCUT2D eigenvalue weighted by Crippen LogP contribution is -2.19. The van der Waals surface area contributed by atoms with Crippen LogP contribution in [0.1, 0.15) is 16.8 Å². The Labute approximate surface area is 117 Å². The summed E-state index contributed by atoms with van der Waals surface area (Å²) in [6.45, 7) is 1.26. The standard InChI is InChI=1S/C13H16O6S/c14-13(15)10-1-3-12(4-2-10)20(16,17)8-7-19-11-5-6-18-9-11/h1-4,11H,5-9H2,(H,14,15). The van der Waals surface area contributed by atoms with Crippen LogP contribution in [0.2, 0.25) is 0 Å². The number of rotatable bonds is 6. The molecule has 1 aliphatic heterocycles. The maximum absolute atomic E-state index is 12.0. The van der Waals surface area contributed by atoms with E-state index in [0.717, 1.165) is 6.42 Å². The van der Waals surface area contributed by atoms with Gasteiger partial charge in [-0.25, -0.2) is 13.2 Å². The second-order valence-corrected chi connectivity index (χ2v) is 6.61. The topological polar surface area (TPSA) is 89.9 Å². The smallest absolute Gasteiger partial charge is 0.335 e. The molecule has 1 aliphatic rings. The number of hydrogen-bond donors (Lipinski definition) is 1. The minimum atomic E-state index is -3.45. The van der Waals surface area contributed by atoms with E-state index in [1.54, 1.807) is 0 Å². The summed E-state index contributed by atoms with van der Waals surface area (Å²) in [6, 6.07) is 5.16. The molecule has 0 aliphatic carbocycles. The Morgan fingerprint density at radius 1 is 1.35 bits per heavy atom. The Bertz CT molecular complexity index is 557. The number of benzene rings is 1. The van der Waals surface area contributed by atoms with Crippen molar-refractivity contribution in [3.8, 4) is 0 Å². The van der Waals surface area contributed by atoms with Crippen LogP contribution >= 0.6 is 0 Å². The molecule has 110 valence electrons. The average molecular weight is 300 g/mol. The Morgan fingerprint density at radius 3 is 2.60 bits per heavy atom. The van der Waals surface area contributed by atoms with E-state index in [2.05, 4.69) is 0 Å². The van der Waals surface area contributed by atoms with Gasteiger partial charge in [-0.3, -0.25) is 0 Å². The van der Waals surface area contributed by atoms with Crippen LogP contribution in [-0.2, 0) is 19.3 Å². The van der Waals surface area contributed by atoms with Crippen molar-refractivity contribution in [2.45, 2.75) is 17.4 Å². The lowest BCUT2D eigenvalue weighted by Gasteiger charge is -2.10. The minimum absolute atomic E-state index is 0.0282. The van der Waals surface area contributed by atoms with Crippen molar-refractivity contribution in [3.63, 3.8) is 0 Å². The van der Waals surface area contributed by atoms with Crippen LogP contribution < -0.4 is 0 Å². The molecule has 0 spiro atoms. The van der Waals surface area contributed by atoms with Gasteiger partial charge in [-0.05, 0) is 30.7 Å². The molecule has 1 atom stereocenters. The van der Waals surface area contributed by atoms with Crippen LogP contribution in [0.4, 0.5) is 0 Å². The third-order valence-electron chi connectivity index (χ3n) is 3.05. The number of ether oxygens (including phenoxy) is 2. The molecule has 0 aromatic heterocycles. The van der Waals surface area contributed by atoms with E-state index in [4.69, 9.17) is 14.6 Å². The van der Waals surface area contributed by atoms with Crippen molar-refractivity contribution in [2.75, 3.05) is 25.6 Å². The largest absolute Gasteiger partial charge is 0.478 e. The van der Waals surface area contributed by atoms with Crippen LogP contribution in [0.3, 0.4) is 0 Å². The van der Waals surface area contributed by atoms with Gasteiger partial charge in [0.1, 0.15) is 0 Å². The van der Waals surface area contributed by atoms with Crippen molar-refractivity contribution in [1.29, 1.82) is 0 Å². The van der Waals surface area contributed by atoms with Crippen LogP contribution in [0.5, 0.6) is 0 Å². The summed E-state index contributed by atoms with van der Waals surface area (Å²) in [7, 11) is -3.45. The third kappa shape index (κ3) is 3.78. The van der Waals surface area contributed by atoms with Gasteiger partial charge in [0.25, 0.3) is 0 Å².